The Bertz CT molecular complexity index is 1470. The van der Waals surface area contributed by atoms with E-state index < -0.39 is 35.2 Å². The summed E-state index contributed by atoms with van der Waals surface area (Å²) >= 11 is 0. The van der Waals surface area contributed by atoms with Crippen LogP contribution >= 0.6 is 0 Å². The zero-order chi connectivity index (χ0) is 36.7. The molecule has 0 bridgehead atoms. The van der Waals surface area contributed by atoms with Gasteiger partial charge in [-0.2, -0.15) is 0 Å². The van der Waals surface area contributed by atoms with Gasteiger partial charge >= 0.3 is 5.97 Å². The van der Waals surface area contributed by atoms with Gasteiger partial charge in [0.2, 0.25) is 11.7 Å². The Balaban J connectivity index is 1.72. The number of hydrogen-bond acceptors (Lipinski definition) is 7. The van der Waals surface area contributed by atoms with Gasteiger partial charge < -0.3 is 19.7 Å². The molecule has 0 aliphatic carbocycles. The lowest BCUT2D eigenvalue weighted by molar-refractivity contribution is -0.164. The van der Waals surface area contributed by atoms with E-state index >= 15 is 0 Å². The summed E-state index contributed by atoms with van der Waals surface area (Å²) in [5.41, 5.74) is 3.91. The van der Waals surface area contributed by atoms with Gasteiger partial charge in [-0.3, -0.25) is 19.2 Å². The molecule has 0 radical (unpaired) electrons. The van der Waals surface area contributed by atoms with E-state index in [2.05, 4.69) is 44.3 Å². The average Bonchev–Trinajstić information content (AvgIpc) is 3.11. The van der Waals surface area contributed by atoms with E-state index in [1.54, 1.807) is 32.0 Å². The number of carbonyl (C=O) groups is 5. The summed E-state index contributed by atoms with van der Waals surface area (Å²) < 4.78 is 11.7. The minimum atomic E-state index is -0.846. The van der Waals surface area contributed by atoms with E-state index in [4.69, 9.17) is 9.47 Å². The minimum Gasteiger partial charge on any atom is -0.456 e. The number of aryl methyl sites for hydroxylation is 3. The number of ketones is 2. The highest BCUT2D eigenvalue weighted by Crippen LogP contribution is 2.30. The largest absolute Gasteiger partial charge is 0.456 e. The second kappa shape index (κ2) is 20.1. The van der Waals surface area contributed by atoms with Gasteiger partial charge in [0.15, 0.2) is 0 Å². The summed E-state index contributed by atoms with van der Waals surface area (Å²) in [7, 11) is 0. The van der Waals surface area contributed by atoms with E-state index in [0.29, 0.717) is 62.9 Å². The number of nitrogens with zero attached hydrogens (tertiary/aromatic N) is 1. The molecule has 3 rings (SSSR count). The molecular weight excluding hydrogens is 632 g/mol. The average molecular weight is 691 g/mol. The molecule has 1 saturated heterocycles. The number of piperidine rings is 1. The third kappa shape index (κ3) is 12.5. The third-order valence-corrected chi connectivity index (χ3v) is 9.77. The quantitative estimate of drug-likeness (QED) is 0.0856. The van der Waals surface area contributed by atoms with Crippen LogP contribution in [-0.4, -0.2) is 60.1 Å². The molecule has 9 nitrogen and oxygen atoms in total. The number of amides is 2. The van der Waals surface area contributed by atoms with Gasteiger partial charge in [0, 0.05) is 50.1 Å². The van der Waals surface area contributed by atoms with Crippen LogP contribution < -0.4 is 5.32 Å². The predicted octanol–water partition coefficient (Wildman–Crippen LogP) is 7.79. The van der Waals surface area contributed by atoms with Gasteiger partial charge in [-0.15, -0.1) is 0 Å². The van der Waals surface area contributed by atoms with Crippen LogP contribution in [0, 0.1) is 19.3 Å². The molecule has 0 unspecified atom stereocenters. The maximum atomic E-state index is 13.9. The summed E-state index contributed by atoms with van der Waals surface area (Å²) in [6, 6.07) is 12.7. The molecule has 1 N–H and O–H groups in total. The molecule has 2 aromatic carbocycles. The smallest absolute Gasteiger partial charge is 0.329 e. The zero-order valence-electron chi connectivity index (χ0n) is 31.1. The summed E-state index contributed by atoms with van der Waals surface area (Å²) in [4.78, 5) is 66.9. The first-order valence-corrected chi connectivity index (χ1v) is 18.5. The summed E-state index contributed by atoms with van der Waals surface area (Å²) in [5.74, 6) is -1.86. The highest BCUT2D eigenvalue weighted by Gasteiger charge is 2.41. The highest BCUT2D eigenvalue weighted by molar-refractivity contribution is 6.38. The topological polar surface area (TPSA) is 119 Å². The Morgan fingerprint density at radius 1 is 0.920 bits per heavy atom. The van der Waals surface area contributed by atoms with Crippen molar-refractivity contribution in [1.29, 1.82) is 0 Å². The first-order valence-electron chi connectivity index (χ1n) is 18.5. The maximum absolute atomic E-state index is 13.9. The van der Waals surface area contributed by atoms with Gasteiger partial charge in [-0.1, -0.05) is 58.0 Å². The molecule has 1 aliphatic rings. The molecule has 2 amide bonds. The van der Waals surface area contributed by atoms with Crippen LogP contribution in [0.5, 0.6) is 0 Å². The predicted molar refractivity (Wildman–Crippen MR) is 196 cm³/mol. The van der Waals surface area contributed by atoms with Crippen LogP contribution in [0.2, 0.25) is 0 Å². The molecule has 2 atom stereocenters. The Kier molecular flexibility index (Phi) is 16.3. The molecule has 0 saturated carbocycles. The summed E-state index contributed by atoms with van der Waals surface area (Å²) in [6.45, 7) is 13.3. The van der Waals surface area contributed by atoms with Crippen molar-refractivity contribution in [3.63, 3.8) is 0 Å². The van der Waals surface area contributed by atoms with Crippen molar-refractivity contribution in [2.24, 2.45) is 5.41 Å². The number of benzene rings is 2. The first kappa shape index (κ1) is 40.6. The first-order chi connectivity index (χ1) is 23.9. The van der Waals surface area contributed by atoms with E-state index in [1.807, 2.05) is 13.0 Å². The highest BCUT2D eigenvalue weighted by atomic mass is 16.5. The van der Waals surface area contributed by atoms with Gasteiger partial charge in [-0.25, -0.2) is 4.79 Å². The maximum Gasteiger partial charge on any atom is 0.329 e. The minimum absolute atomic E-state index is 0.0536. The van der Waals surface area contributed by atoms with Crippen molar-refractivity contribution < 1.29 is 33.4 Å². The van der Waals surface area contributed by atoms with Crippen molar-refractivity contribution in [2.75, 3.05) is 25.1 Å². The molecule has 274 valence electrons. The third-order valence-electron chi connectivity index (χ3n) is 9.77. The number of ether oxygens (including phenoxy) is 2. The zero-order valence-corrected chi connectivity index (χ0v) is 31.1. The Morgan fingerprint density at radius 2 is 1.70 bits per heavy atom. The number of Topliss-reactive ketones (excluding diaryl/α,β-unsaturated/α-hetero) is 2. The van der Waals surface area contributed by atoms with Gasteiger partial charge in [-0.05, 0) is 106 Å². The lowest BCUT2D eigenvalue weighted by Crippen LogP contribution is -2.53. The molecule has 50 heavy (non-hydrogen) atoms. The molecule has 1 heterocycles. The van der Waals surface area contributed by atoms with Crippen LogP contribution in [-0.2, 0) is 39.9 Å². The van der Waals surface area contributed by atoms with Crippen LogP contribution in [0.3, 0.4) is 0 Å². The Hall–Kier alpha value is -3.85. The fraction of sp³-hybridized carbons (Fsp3) is 0.585. The van der Waals surface area contributed by atoms with Crippen molar-refractivity contribution in [3.05, 3.63) is 64.7 Å². The summed E-state index contributed by atoms with van der Waals surface area (Å²) in [5, 5.41) is 2.90. The Labute approximate surface area is 298 Å². The molecule has 0 spiro atoms. The van der Waals surface area contributed by atoms with Crippen LogP contribution in [0.25, 0.3) is 0 Å². The van der Waals surface area contributed by atoms with E-state index in [-0.39, 0.29) is 24.5 Å². The standard InChI is InChI=1S/C41H58N2O7/c1-7-25-49-26-12-10-16-34(44)21-23-37(45)42-33-15-13-14-32(28-33)36(22-20-31-19-18-29(3)30(4)27-31)50-40(48)35-17-9-11-24-43(35)39(47)38(46)41(5,6)8-2/h13-15,18-19,27-28,35-36H,7-12,16-17,20-26H2,1-6H3,(H,42,45)/t35-,36+/m0/s1. The van der Waals surface area contributed by atoms with Crippen molar-refractivity contribution in [3.8, 4) is 0 Å². The number of rotatable bonds is 20. The second-order valence-corrected chi connectivity index (χ2v) is 14.2. The van der Waals surface area contributed by atoms with E-state index in [0.717, 1.165) is 37.9 Å². The van der Waals surface area contributed by atoms with Gasteiger partial charge in [0.25, 0.3) is 5.91 Å². The number of carbonyl (C=O) groups excluding carboxylic acids is 5. The van der Waals surface area contributed by atoms with Gasteiger partial charge in [0.1, 0.15) is 17.9 Å². The molecule has 9 heteroatoms. The molecule has 1 fully saturated rings. The van der Waals surface area contributed by atoms with Crippen LogP contribution in [0.15, 0.2) is 42.5 Å². The number of esters is 1. The Morgan fingerprint density at radius 3 is 2.42 bits per heavy atom. The van der Waals surface area contributed by atoms with E-state index in [9.17, 15) is 24.0 Å². The van der Waals surface area contributed by atoms with Crippen molar-refractivity contribution >= 4 is 35.0 Å². The van der Waals surface area contributed by atoms with E-state index in [1.165, 1.54) is 16.0 Å². The van der Waals surface area contributed by atoms with Crippen molar-refractivity contribution in [1.82, 2.24) is 4.90 Å². The number of likely N-dealkylation sites (tertiary alicyclic amines) is 1. The molecule has 1 aliphatic heterocycles. The number of hydrogen-bond donors (Lipinski definition) is 1. The van der Waals surface area contributed by atoms with Crippen molar-refractivity contribution in [2.45, 2.75) is 131 Å². The monoisotopic (exact) mass is 690 g/mol. The fourth-order valence-corrected chi connectivity index (χ4v) is 5.96. The van der Waals surface area contributed by atoms with Crippen LogP contribution in [0.4, 0.5) is 5.69 Å². The summed E-state index contributed by atoms with van der Waals surface area (Å²) in [6.07, 6.45) is 6.08. The number of nitrogens with one attached hydrogen (secondary N) is 1. The SMILES string of the molecule is CCCOCCCCC(=O)CCC(=O)Nc1cccc([C@@H](CCc2ccc(C)c(C)c2)OC(=O)[C@@H]2CCCCN2C(=O)C(=O)C(C)(C)CC)c1. The molecule has 2 aromatic rings. The molecular formula is C41H58N2O7. The lowest BCUT2D eigenvalue weighted by Gasteiger charge is -2.36. The second-order valence-electron chi connectivity index (χ2n) is 14.2. The normalized spacial score (nSPS) is 15.3. The van der Waals surface area contributed by atoms with Gasteiger partial charge in [0.05, 0.1) is 0 Å². The van der Waals surface area contributed by atoms with Crippen LogP contribution in [0.1, 0.15) is 127 Å². The lowest BCUT2D eigenvalue weighted by atomic mass is 9.84. The fourth-order valence-electron chi connectivity index (χ4n) is 5.96. The number of unbranched alkanes of at least 4 members (excludes halogenated alkanes) is 1. The number of anilines is 1. The molecule has 0 aromatic heterocycles.